The molecule has 1 saturated heterocycles. The maximum absolute atomic E-state index is 9.77. The Labute approximate surface area is 108 Å². The fourth-order valence-corrected chi connectivity index (χ4v) is 1.86. The standard InChI is InChI=1S/C12H25NO5/c1-12(2,3)4-5-13-11-10(17)9(16)8(15)7(6-14)18-11/h7-11,13-17H,4-6H2,1-3H3. The zero-order chi connectivity index (χ0) is 13.9. The lowest BCUT2D eigenvalue weighted by Crippen LogP contribution is -2.62. The van der Waals surface area contributed by atoms with Crippen molar-refractivity contribution in [3.05, 3.63) is 0 Å². The van der Waals surface area contributed by atoms with E-state index in [9.17, 15) is 15.3 Å². The number of ether oxygens (including phenoxy) is 1. The van der Waals surface area contributed by atoms with Gasteiger partial charge in [-0.2, -0.15) is 0 Å². The Bertz CT molecular complexity index is 253. The second kappa shape index (κ2) is 6.27. The summed E-state index contributed by atoms with van der Waals surface area (Å²) in [6, 6.07) is 0. The van der Waals surface area contributed by atoms with Crippen molar-refractivity contribution in [2.24, 2.45) is 5.41 Å². The van der Waals surface area contributed by atoms with Crippen LogP contribution in [0.5, 0.6) is 0 Å². The quantitative estimate of drug-likeness (QED) is 0.437. The molecule has 5 atom stereocenters. The van der Waals surface area contributed by atoms with Gasteiger partial charge in [0.1, 0.15) is 30.6 Å². The van der Waals surface area contributed by atoms with Crippen molar-refractivity contribution in [2.45, 2.75) is 57.8 Å². The van der Waals surface area contributed by atoms with E-state index in [1.165, 1.54) is 0 Å². The van der Waals surface area contributed by atoms with Crippen molar-refractivity contribution >= 4 is 0 Å². The van der Waals surface area contributed by atoms with Crippen molar-refractivity contribution < 1.29 is 25.2 Å². The molecule has 108 valence electrons. The van der Waals surface area contributed by atoms with Gasteiger partial charge in [0, 0.05) is 0 Å². The third-order valence-electron chi connectivity index (χ3n) is 3.11. The van der Waals surface area contributed by atoms with Crippen LogP contribution in [0.4, 0.5) is 0 Å². The average Bonchev–Trinajstić information content (AvgIpc) is 2.27. The van der Waals surface area contributed by atoms with Crippen LogP contribution in [0.1, 0.15) is 27.2 Å². The van der Waals surface area contributed by atoms with Crippen molar-refractivity contribution in [1.82, 2.24) is 5.32 Å². The first-order valence-corrected chi connectivity index (χ1v) is 6.30. The molecule has 1 heterocycles. The number of hydrogen-bond acceptors (Lipinski definition) is 6. The van der Waals surface area contributed by atoms with E-state index in [4.69, 9.17) is 9.84 Å². The van der Waals surface area contributed by atoms with Gasteiger partial charge in [0.05, 0.1) is 6.61 Å². The van der Waals surface area contributed by atoms with Crippen LogP contribution in [0, 0.1) is 5.41 Å². The first-order valence-electron chi connectivity index (χ1n) is 6.30. The molecule has 0 radical (unpaired) electrons. The zero-order valence-electron chi connectivity index (χ0n) is 11.2. The van der Waals surface area contributed by atoms with E-state index in [1.54, 1.807) is 0 Å². The first kappa shape index (κ1) is 15.8. The number of aliphatic hydroxyl groups is 4. The highest BCUT2D eigenvalue weighted by Gasteiger charge is 2.43. The normalized spacial score (nSPS) is 37.8. The molecule has 1 rings (SSSR count). The number of aliphatic hydroxyl groups excluding tert-OH is 4. The maximum Gasteiger partial charge on any atom is 0.137 e. The van der Waals surface area contributed by atoms with Gasteiger partial charge in [0.25, 0.3) is 0 Å². The summed E-state index contributed by atoms with van der Waals surface area (Å²) in [6.07, 6.45) is -4.57. The van der Waals surface area contributed by atoms with Gasteiger partial charge in [-0.1, -0.05) is 20.8 Å². The van der Waals surface area contributed by atoms with Crippen LogP contribution >= 0.6 is 0 Å². The lowest BCUT2D eigenvalue weighted by molar-refractivity contribution is -0.236. The summed E-state index contributed by atoms with van der Waals surface area (Å²) in [4.78, 5) is 0. The van der Waals surface area contributed by atoms with Crippen LogP contribution in [0.25, 0.3) is 0 Å². The van der Waals surface area contributed by atoms with E-state index >= 15 is 0 Å². The van der Waals surface area contributed by atoms with Gasteiger partial charge < -0.3 is 25.2 Å². The maximum atomic E-state index is 9.77. The molecule has 0 saturated carbocycles. The molecule has 1 aliphatic rings. The van der Waals surface area contributed by atoms with Gasteiger partial charge in [-0.05, 0) is 18.4 Å². The minimum absolute atomic E-state index is 0.154. The fourth-order valence-electron chi connectivity index (χ4n) is 1.86. The Balaban J connectivity index is 2.49. The van der Waals surface area contributed by atoms with Crippen LogP contribution in [0.15, 0.2) is 0 Å². The van der Waals surface area contributed by atoms with E-state index in [0.717, 1.165) is 6.42 Å². The molecule has 0 spiro atoms. The van der Waals surface area contributed by atoms with E-state index in [1.807, 2.05) is 0 Å². The largest absolute Gasteiger partial charge is 0.394 e. The lowest BCUT2D eigenvalue weighted by atomic mass is 9.92. The van der Waals surface area contributed by atoms with Crippen LogP contribution < -0.4 is 5.32 Å². The highest BCUT2D eigenvalue weighted by atomic mass is 16.6. The molecular formula is C12H25NO5. The summed E-state index contributed by atoms with van der Waals surface area (Å²) < 4.78 is 5.32. The Kier molecular flexibility index (Phi) is 5.51. The Morgan fingerprint density at radius 3 is 2.17 bits per heavy atom. The molecule has 1 fully saturated rings. The van der Waals surface area contributed by atoms with Gasteiger partial charge in [0.15, 0.2) is 0 Å². The molecule has 18 heavy (non-hydrogen) atoms. The summed E-state index contributed by atoms with van der Waals surface area (Å²) in [5.74, 6) is 0. The van der Waals surface area contributed by atoms with E-state index < -0.39 is 37.3 Å². The highest BCUT2D eigenvalue weighted by molar-refractivity contribution is 4.91. The van der Waals surface area contributed by atoms with Gasteiger partial charge >= 0.3 is 0 Å². The third-order valence-corrected chi connectivity index (χ3v) is 3.11. The first-order chi connectivity index (χ1) is 8.26. The van der Waals surface area contributed by atoms with E-state index in [0.29, 0.717) is 6.54 Å². The monoisotopic (exact) mass is 263 g/mol. The molecule has 5 unspecified atom stereocenters. The Morgan fingerprint density at radius 2 is 1.67 bits per heavy atom. The van der Waals surface area contributed by atoms with Gasteiger partial charge in [-0.25, -0.2) is 0 Å². The minimum atomic E-state index is -1.32. The minimum Gasteiger partial charge on any atom is -0.394 e. The zero-order valence-corrected chi connectivity index (χ0v) is 11.2. The lowest BCUT2D eigenvalue weighted by Gasteiger charge is -2.40. The molecular weight excluding hydrogens is 238 g/mol. The molecule has 0 aromatic carbocycles. The molecule has 0 aliphatic carbocycles. The number of nitrogens with one attached hydrogen (secondary N) is 1. The average molecular weight is 263 g/mol. The van der Waals surface area contributed by atoms with Crippen LogP contribution in [-0.2, 0) is 4.74 Å². The summed E-state index contributed by atoms with van der Waals surface area (Å²) >= 11 is 0. The molecule has 0 aromatic rings. The molecule has 5 N–H and O–H groups in total. The second-order valence-corrected chi connectivity index (χ2v) is 6.01. The topological polar surface area (TPSA) is 102 Å². The Morgan fingerprint density at radius 1 is 1.06 bits per heavy atom. The third kappa shape index (κ3) is 4.15. The van der Waals surface area contributed by atoms with E-state index in [2.05, 4.69) is 26.1 Å². The molecule has 0 aromatic heterocycles. The van der Waals surface area contributed by atoms with Gasteiger partial charge in [0.2, 0.25) is 0 Å². The van der Waals surface area contributed by atoms with Crippen LogP contribution in [-0.4, -0.2) is 64.2 Å². The predicted molar refractivity (Wildman–Crippen MR) is 65.8 cm³/mol. The number of rotatable bonds is 4. The summed E-state index contributed by atoms with van der Waals surface area (Å²) in [6.45, 7) is 6.51. The van der Waals surface area contributed by atoms with Crippen molar-refractivity contribution in [1.29, 1.82) is 0 Å². The van der Waals surface area contributed by atoms with Gasteiger partial charge in [-0.15, -0.1) is 0 Å². The molecule has 0 bridgehead atoms. The van der Waals surface area contributed by atoms with E-state index in [-0.39, 0.29) is 5.41 Å². The fraction of sp³-hybridized carbons (Fsp3) is 1.00. The Hall–Kier alpha value is -0.240. The van der Waals surface area contributed by atoms with Crippen molar-refractivity contribution in [3.8, 4) is 0 Å². The van der Waals surface area contributed by atoms with Crippen molar-refractivity contribution in [2.75, 3.05) is 13.2 Å². The molecule has 6 heteroatoms. The van der Waals surface area contributed by atoms with Gasteiger partial charge in [-0.3, -0.25) is 5.32 Å². The summed E-state index contributed by atoms with van der Waals surface area (Å²) in [5, 5.41) is 41.0. The molecule has 1 aliphatic heterocycles. The smallest absolute Gasteiger partial charge is 0.137 e. The van der Waals surface area contributed by atoms with Crippen LogP contribution in [0.3, 0.4) is 0 Å². The highest BCUT2D eigenvalue weighted by Crippen LogP contribution is 2.21. The summed E-state index contributed by atoms with van der Waals surface area (Å²) in [7, 11) is 0. The SMILES string of the molecule is CC(C)(C)CCNC1OC(CO)C(O)C(O)C1O. The predicted octanol–water partition coefficient (Wildman–Crippen LogP) is -1.19. The molecule has 0 amide bonds. The second-order valence-electron chi connectivity index (χ2n) is 6.01. The molecule has 6 nitrogen and oxygen atoms in total. The number of hydrogen-bond donors (Lipinski definition) is 5. The van der Waals surface area contributed by atoms with Crippen LogP contribution in [0.2, 0.25) is 0 Å². The summed E-state index contributed by atoms with van der Waals surface area (Å²) in [5.41, 5.74) is 0.154. The van der Waals surface area contributed by atoms with Crippen molar-refractivity contribution in [3.63, 3.8) is 0 Å².